The van der Waals surface area contributed by atoms with E-state index in [9.17, 15) is 4.79 Å². The van der Waals surface area contributed by atoms with Gasteiger partial charge in [-0.1, -0.05) is 17.0 Å². The minimum atomic E-state index is -0.476. The second-order valence-corrected chi connectivity index (χ2v) is 4.59. The summed E-state index contributed by atoms with van der Waals surface area (Å²) in [6, 6.07) is 2.22. The molecule has 1 amide bonds. The van der Waals surface area contributed by atoms with Gasteiger partial charge >= 0.3 is 0 Å². The lowest BCUT2D eigenvalue weighted by Crippen LogP contribution is -2.14. The number of thioether (sulfide) groups is 1. The van der Waals surface area contributed by atoms with E-state index in [1.165, 1.54) is 0 Å². The van der Waals surface area contributed by atoms with Crippen LogP contribution in [0.15, 0.2) is 6.20 Å². The number of nitriles is 1. The fourth-order valence-corrected chi connectivity index (χ4v) is 1.72. The molecule has 0 aromatic carbocycles. The Labute approximate surface area is 96.8 Å². The molecule has 1 heterocycles. The van der Waals surface area contributed by atoms with E-state index in [2.05, 4.69) is 16.4 Å². The SMILES string of the molecule is N#CC1(n2cc([CH]CSC(N)=O)nn2)CC1. The van der Waals surface area contributed by atoms with Gasteiger partial charge in [-0.3, -0.25) is 4.79 Å². The number of aromatic nitrogens is 3. The van der Waals surface area contributed by atoms with Crippen molar-refractivity contribution in [2.75, 3.05) is 5.75 Å². The quantitative estimate of drug-likeness (QED) is 0.827. The van der Waals surface area contributed by atoms with Gasteiger partial charge in [-0.05, 0) is 12.8 Å². The van der Waals surface area contributed by atoms with Gasteiger partial charge < -0.3 is 5.73 Å². The minimum Gasteiger partial charge on any atom is -0.361 e. The zero-order valence-electron chi connectivity index (χ0n) is 8.46. The number of carbonyl (C=O) groups excluding carboxylic acids is 1. The number of rotatable bonds is 4. The minimum absolute atomic E-state index is 0.417. The molecule has 2 N–H and O–H groups in total. The summed E-state index contributed by atoms with van der Waals surface area (Å²) in [5.74, 6) is 0.466. The average Bonchev–Trinajstić information content (AvgIpc) is 2.92. The Morgan fingerprint density at radius 2 is 2.56 bits per heavy atom. The molecule has 16 heavy (non-hydrogen) atoms. The molecule has 83 valence electrons. The molecule has 0 saturated heterocycles. The second kappa shape index (κ2) is 4.14. The van der Waals surface area contributed by atoms with Crippen LogP contribution in [-0.2, 0) is 5.54 Å². The van der Waals surface area contributed by atoms with Gasteiger partial charge in [0.25, 0.3) is 5.24 Å². The summed E-state index contributed by atoms with van der Waals surface area (Å²) < 4.78 is 1.59. The third-order valence-electron chi connectivity index (χ3n) is 2.40. The highest BCUT2D eigenvalue weighted by Gasteiger charge is 2.46. The number of nitrogens with zero attached hydrogens (tertiary/aromatic N) is 4. The van der Waals surface area contributed by atoms with Crippen LogP contribution in [0, 0.1) is 17.8 Å². The molecule has 6 nitrogen and oxygen atoms in total. The smallest absolute Gasteiger partial charge is 0.276 e. The maximum absolute atomic E-state index is 10.5. The maximum atomic E-state index is 10.5. The van der Waals surface area contributed by atoms with E-state index in [-0.39, 0.29) is 0 Å². The highest BCUT2D eigenvalue weighted by atomic mass is 32.2. The molecule has 1 fully saturated rings. The van der Waals surface area contributed by atoms with Crippen molar-refractivity contribution in [1.82, 2.24) is 15.0 Å². The summed E-state index contributed by atoms with van der Waals surface area (Å²) in [6.45, 7) is 0. The zero-order valence-corrected chi connectivity index (χ0v) is 9.28. The predicted molar refractivity (Wildman–Crippen MR) is 58.3 cm³/mol. The van der Waals surface area contributed by atoms with Gasteiger partial charge in [0.2, 0.25) is 0 Å². The zero-order chi connectivity index (χ0) is 11.6. The first-order chi connectivity index (χ1) is 7.66. The van der Waals surface area contributed by atoms with Crippen molar-refractivity contribution in [3.8, 4) is 6.07 Å². The highest BCUT2D eigenvalue weighted by molar-refractivity contribution is 8.13. The number of nitrogens with two attached hydrogens (primary N) is 1. The molecule has 1 aromatic rings. The molecular weight excluding hydrogens is 226 g/mol. The van der Waals surface area contributed by atoms with E-state index in [4.69, 9.17) is 11.0 Å². The van der Waals surface area contributed by atoms with Gasteiger partial charge in [-0.15, -0.1) is 5.10 Å². The molecule has 0 aliphatic heterocycles. The number of primary amides is 1. The molecule has 0 spiro atoms. The summed E-state index contributed by atoms with van der Waals surface area (Å²) in [6.07, 6.45) is 5.12. The van der Waals surface area contributed by atoms with Crippen LogP contribution in [0.25, 0.3) is 0 Å². The van der Waals surface area contributed by atoms with E-state index >= 15 is 0 Å². The first-order valence-electron chi connectivity index (χ1n) is 4.76. The van der Waals surface area contributed by atoms with Crippen LogP contribution in [-0.4, -0.2) is 26.0 Å². The lowest BCUT2D eigenvalue weighted by molar-refractivity contribution is 0.267. The molecular formula is C9H10N5OS. The van der Waals surface area contributed by atoms with Crippen molar-refractivity contribution in [2.45, 2.75) is 18.4 Å². The van der Waals surface area contributed by atoms with E-state index in [1.54, 1.807) is 17.3 Å². The topological polar surface area (TPSA) is 97.6 Å². The summed E-state index contributed by atoms with van der Waals surface area (Å²) >= 11 is 1.01. The lowest BCUT2D eigenvalue weighted by atomic mass is 10.3. The van der Waals surface area contributed by atoms with Crippen LogP contribution in [0.2, 0.25) is 0 Å². The Hall–Kier alpha value is -1.55. The van der Waals surface area contributed by atoms with Crippen LogP contribution >= 0.6 is 11.8 Å². The Balaban J connectivity index is 1.93. The van der Waals surface area contributed by atoms with Crippen molar-refractivity contribution >= 4 is 17.0 Å². The van der Waals surface area contributed by atoms with Crippen molar-refractivity contribution in [2.24, 2.45) is 5.73 Å². The summed E-state index contributed by atoms with van der Waals surface area (Å²) in [4.78, 5) is 10.5. The van der Waals surface area contributed by atoms with Gasteiger partial charge in [0.05, 0.1) is 18.0 Å². The second-order valence-electron chi connectivity index (χ2n) is 3.57. The molecule has 7 heteroatoms. The van der Waals surface area contributed by atoms with Gasteiger partial charge in [-0.2, -0.15) is 5.26 Å². The third-order valence-corrected chi connectivity index (χ3v) is 3.02. The van der Waals surface area contributed by atoms with Crippen molar-refractivity contribution in [3.63, 3.8) is 0 Å². The van der Waals surface area contributed by atoms with Crippen LogP contribution in [0.1, 0.15) is 18.5 Å². The summed E-state index contributed by atoms with van der Waals surface area (Å²) in [5.41, 5.74) is 5.17. The third kappa shape index (κ3) is 2.17. The molecule has 0 unspecified atom stereocenters. The molecule has 1 aliphatic carbocycles. The molecule has 0 bridgehead atoms. The molecule has 1 aliphatic rings. The van der Waals surface area contributed by atoms with E-state index in [0.29, 0.717) is 11.4 Å². The monoisotopic (exact) mass is 236 g/mol. The van der Waals surface area contributed by atoms with Gasteiger partial charge in [0.15, 0.2) is 5.54 Å². The molecule has 1 radical (unpaired) electrons. The fraction of sp³-hybridized carbons (Fsp3) is 0.444. The fourth-order valence-electron chi connectivity index (χ4n) is 1.30. The standard InChI is InChI=1S/C9H10N5OS/c10-6-9(2-3-9)14-5-7(12-13-14)1-4-16-8(11)15/h1,5H,2-4H2,(H2,11,15). The number of hydrogen-bond donors (Lipinski definition) is 1. The molecule has 1 aromatic heterocycles. The van der Waals surface area contributed by atoms with Crippen molar-refractivity contribution in [3.05, 3.63) is 18.3 Å². The Bertz CT molecular complexity index is 445. The van der Waals surface area contributed by atoms with Crippen LogP contribution < -0.4 is 5.73 Å². The highest BCUT2D eigenvalue weighted by Crippen LogP contribution is 2.41. The number of carbonyl (C=O) groups is 1. The van der Waals surface area contributed by atoms with Crippen molar-refractivity contribution < 1.29 is 4.79 Å². The summed E-state index contributed by atoms with van der Waals surface area (Å²) in [7, 11) is 0. The van der Waals surface area contributed by atoms with E-state index in [0.717, 1.165) is 24.6 Å². The Kier molecular flexibility index (Phi) is 2.83. The number of hydrogen-bond acceptors (Lipinski definition) is 5. The normalized spacial score (nSPS) is 16.7. The predicted octanol–water partition coefficient (Wildman–Crippen LogP) is 0.655. The van der Waals surface area contributed by atoms with Crippen LogP contribution in [0.4, 0.5) is 4.79 Å². The molecule has 1 saturated carbocycles. The van der Waals surface area contributed by atoms with Crippen molar-refractivity contribution in [1.29, 1.82) is 5.26 Å². The lowest BCUT2D eigenvalue weighted by Gasteiger charge is -2.02. The van der Waals surface area contributed by atoms with Gasteiger partial charge in [0.1, 0.15) is 0 Å². The first kappa shape index (κ1) is 11.0. The number of amides is 1. The molecule has 2 rings (SSSR count). The van der Waals surface area contributed by atoms with Crippen LogP contribution in [0.5, 0.6) is 0 Å². The molecule has 0 atom stereocenters. The van der Waals surface area contributed by atoms with E-state index < -0.39 is 10.8 Å². The largest absolute Gasteiger partial charge is 0.361 e. The van der Waals surface area contributed by atoms with E-state index in [1.807, 2.05) is 0 Å². The maximum Gasteiger partial charge on any atom is 0.276 e. The van der Waals surface area contributed by atoms with Gasteiger partial charge in [-0.25, -0.2) is 4.68 Å². The first-order valence-corrected chi connectivity index (χ1v) is 5.74. The Morgan fingerprint density at radius 1 is 1.81 bits per heavy atom. The average molecular weight is 236 g/mol. The van der Waals surface area contributed by atoms with Crippen LogP contribution in [0.3, 0.4) is 0 Å². The summed E-state index contributed by atoms with van der Waals surface area (Å²) in [5, 5.41) is 16.4. The van der Waals surface area contributed by atoms with Gasteiger partial charge in [0, 0.05) is 12.2 Å². The Morgan fingerprint density at radius 3 is 3.12 bits per heavy atom.